The van der Waals surface area contributed by atoms with Crippen LogP contribution < -0.4 is 0 Å². The Bertz CT molecular complexity index is 641. The Kier molecular flexibility index (Phi) is 4.79. The highest BCUT2D eigenvalue weighted by atomic mass is 79.9. The number of ether oxygens (including phenoxy) is 1. The summed E-state index contributed by atoms with van der Waals surface area (Å²) in [7, 11) is 0. The van der Waals surface area contributed by atoms with Crippen molar-refractivity contribution in [3.8, 4) is 11.3 Å². The van der Waals surface area contributed by atoms with Crippen LogP contribution in [0.1, 0.15) is 18.2 Å². The second-order valence-corrected chi connectivity index (χ2v) is 5.16. The van der Waals surface area contributed by atoms with Crippen molar-refractivity contribution in [2.75, 3.05) is 6.61 Å². The lowest BCUT2D eigenvalue weighted by molar-refractivity contribution is -0.137. The minimum absolute atomic E-state index is 0.366. The molecule has 0 bridgehead atoms. The van der Waals surface area contributed by atoms with Crippen LogP contribution in [0.5, 0.6) is 0 Å². The van der Waals surface area contributed by atoms with Crippen LogP contribution in [0.2, 0.25) is 0 Å². The molecule has 0 aliphatic rings. The molecule has 0 aliphatic heterocycles. The maximum Gasteiger partial charge on any atom is 0.330 e. The largest absolute Gasteiger partial charge is 0.463 e. The third kappa shape index (κ3) is 3.61. The van der Waals surface area contributed by atoms with Crippen molar-refractivity contribution in [1.29, 1.82) is 0 Å². The van der Waals surface area contributed by atoms with E-state index in [-0.39, 0.29) is 5.97 Å². The Labute approximate surface area is 126 Å². The lowest BCUT2D eigenvalue weighted by Crippen LogP contribution is -1.98. The number of carbonyl (C=O) groups excluding carboxylic acids is 1. The molecule has 0 unspecified atom stereocenters. The van der Waals surface area contributed by atoms with Crippen LogP contribution >= 0.6 is 15.9 Å². The number of halogens is 1. The molecule has 1 heterocycles. The summed E-state index contributed by atoms with van der Waals surface area (Å²) in [6.45, 7) is 4.16. The fourth-order valence-electron chi connectivity index (χ4n) is 1.83. The van der Waals surface area contributed by atoms with Crippen LogP contribution in [-0.2, 0) is 9.53 Å². The summed E-state index contributed by atoms with van der Waals surface area (Å²) in [6, 6.07) is 9.72. The highest BCUT2D eigenvalue weighted by molar-refractivity contribution is 9.10. The predicted molar refractivity (Wildman–Crippen MR) is 82.2 cm³/mol. The Morgan fingerprint density at radius 1 is 1.35 bits per heavy atom. The number of hydrogen-bond acceptors (Lipinski definition) is 3. The minimum atomic E-state index is -0.370. The standard InChI is InChI=1S/C16H15BrO3/c1-3-19-16(18)9-6-13-5-8-15(20-13)14-7-4-12(17)10-11(14)2/h4-10H,3H2,1-2H3/b9-6+. The number of esters is 1. The molecule has 1 aromatic heterocycles. The second-order valence-electron chi connectivity index (χ2n) is 4.25. The molecule has 3 nitrogen and oxygen atoms in total. The van der Waals surface area contributed by atoms with E-state index in [0.29, 0.717) is 12.4 Å². The Morgan fingerprint density at radius 2 is 2.15 bits per heavy atom. The van der Waals surface area contributed by atoms with Gasteiger partial charge in [0.15, 0.2) is 0 Å². The smallest absolute Gasteiger partial charge is 0.330 e. The summed E-state index contributed by atoms with van der Waals surface area (Å²) in [4.78, 5) is 11.2. The van der Waals surface area contributed by atoms with E-state index >= 15 is 0 Å². The zero-order chi connectivity index (χ0) is 14.5. The molecule has 0 N–H and O–H groups in total. The van der Waals surface area contributed by atoms with Crippen molar-refractivity contribution >= 4 is 28.0 Å². The number of rotatable bonds is 4. The van der Waals surface area contributed by atoms with Gasteiger partial charge in [-0.15, -0.1) is 0 Å². The number of benzene rings is 1. The molecule has 0 spiro atoms. The predicted octanol–water partition coefficient (Wildman–Crippen LogP) is 4.59. The monoisotopic (exact) mass is 334 g/mol. The third-order valence-corrected chi connectivity index (χ3v) is 3.24. The first-order chi connectivity index (χ1) is 9.60. The molecule has 104 valence electrons. The van der Waals surface area contributed by atoms with Crippen molar-refractivity contribution in [1.82, 2.24) is 0 Å². The van der Waals surface area contributed by atoms with Crippen LogP contribution in [0.4, 0.5) is 0 Å². The summed E-state index contributed by atoms with van der Waals surface area (Å²) in [5.41, 5.74) is 2.15. The van der Waals surface area contributed by atoms with Gasteiger partial charge in [0.1, 0.15) is 11.5 Å². The normalized spacial score (nSPS) is 10.9. The number of carbonyl (C=O) groups is 1. The molecule has 0 atom stereocenters. The minimum Gasteiger partial charge on any atom is -0.463 e. The molecule has 0 fully saturated rings. The summed E-state index contributed by atoms with van der Waals surface area (Å²) in [5, 5.41) is 0. The molecule has 1 aromatic carbocycles. The Balaban J connectivity index is 2.18. The van der Waals surface area contributed by atoms with Gasteiger partial charge in [-0.25, -0.2) is 4.79 Å². The van der Waals surface area contributed by atoms with Gasteiger partial charge in [-0.2, -0.15) is 0 Å². The molecule has 0 amide bonds. The van der Waals surface area contributed by atoms with E-state index in [0.717, 1.165) is 21.4 Å². The summed E-state index contributed by atoms with van der Waals surface area (Å²) in [5.74, 6) is 1.03. The van der Waals surface area contributed by atoms with E-state index < -0.39 is 0 Å². The molecule has 0 aliphatic carbocycles. The number of aryl methyl sites for hydroxylation is 1. The molecule has 2 aromatic rings. The van der Waals surface area contributed by atoms with E-state index in [2.05, 4.69) is 15.9 Å². The maximum absolute atomic E-state index is 11.2. The Hall–Kier alpha value is -1.81. The first-order valence-corrected chi connectivity index (χ1v) is 7.10. The number of furan rings is 1. The van der Waals surface area contributed by atoms with Gasteiger partial charge >= 0.3 is 5.97 Å². The van der Waals surface area contributed by atoms with E-state index in [4.69, 9.17) is 9.15 Å². The summed E-state index contributed by atoms with van der Waals surface area (Å²) in [6.07, 6.45) is 2.97. The van der Waals surface area contributed by atoms with Gasteiger partial charge in [0.05, 0.1) is 6.61 Å². The Morgan fingerprint density at radius 3 is 2.85 bits per heavy atom. The molecule has 0 saturated carbocycles. The first-order valence-electron chi connectivity index (χ1n) is 6.31. The fourth-order valence-corrected chi connectivity index (χ4v) is 2.31. The zero-order valence-electron chi connectivity index (χ0n) is 11.4. The second kappa shape index (κ2) is 6.57. The third-order valence-electron chi connectivity index (χ3n) is 2.75. The summed E-state index contributed by atoms with van der Waals surface area (Å²) >= 11 is 3.44. The van der Waals surface area contributed by atoms with Gasteiger partial charge in [0.25, 0.3) is 0 Å². The van der Waals surface area contributed by atoms with Crippen molar-refractivity contribution in [2.45, 2.75) is 13.8 Å². The molecule has 0 saturated heterocycles. The van der Waals surface area contributed by atoms with Crippen molar-refractivity contribution in [2.24, 2.45) is 0 Å². The molecular formula is C16H15BrO3. The van der Waals surface area contributed by atoms with Gasteiger partial charge in [-0.05, 0) is 55.8 Å². The van der Waals surface area contributed by atoms with Gasteiger partial charge in [-0.1, -0.05) is 15.9 Å². The van der Waals surface area contributed by atoms with Crippen molar-refractivity contribution in [3.05, 3.63) is 52.2 Å². The summed E-state index contributed by atoms with van der Waals surface area (Å²) < 4.78 is 11.6. The van der Waals surface area contributed by atoms with E-state index in [1.807, 2.05) is 37.3 Å². The van der Waals surface area contributed by atoms with E-state index in [1.165, 1.54) is 6.08 Å². The van der Waals surface area contributed by atoms with Gasteiger partial charge in [0.2, 0.25) is 0 Å². The van der Waals surface area contributed by atoms with Crippen molar-refractivity contribution in [3.63, 3.8) is 0 Å². The van der Waals surface area contributed by atoms with Gasteiger partial charge in [-0.3, -0.25) is 0 Å². The molecule has 0 radical (unpaired) electrons. The van der Waals surface area contributed by atoms with Crippen molar-refractivity contribution < 1.29 is 13.9 Å². The van der Waals surface area contributed by atoms with Gasteiger partial charge < -0.3 is 9.15 Å². The van der Waals surface area contributed by atoms with E-state index in [9.17, 15) is 4.79 Å². The molecule has 20 heavy (non-hydrogen) atoms. The maximum atomic E-state index is 11.2. The average Bonchev–Trinajstić information content (AvgIpc) is 2.85. The average molecular weight is 335 g/mol. The highest BCUT2D eigenvalue weighted by Crippen LogP contribution is 2.28. The topological polar surface area (TPSA) is 39.4 Å². The number of hydrogen-bond donors (Lipinski definition) is 0. The SMILES string of the molecule is CCOC(=O)/C=C/c1ccc(-c2ccc(Br)cc2C)o1. The van der Waals surface area contributed by atoms with Crippen LogP contribution in [-0.4, -0.2) is 12.6 Å². The first kappa shape index (κ1) is 14.6. The van der Waals surface area contributed by atoms with Crippen LogP contribution in [0.25, 0.3) is 17.4 Å². The van der Waals surface area contributed by atoms with Crippen LogP contribution in [0, 0.1) is 6.92 Å². The highest BCUT2D eigenvalue weighted by Gasteiger charge is 2.07. The lowest BCUT2D eigenvalue weighted by atomic mass is 10.1. The van der Waals surface area contributed by atoms with Gasteiger partial charge in [0, 0.05) is 16.1 Å². The quantitative estimate of drug-likeness (QED) is 0.606. The molecule has 2 rings (SSSR count). The zero-order valence-corrected chi connectivity index (χ0v) is 12.9. The fraction of sp³-hybridized carbons (Fsp3) is 0.188. The van der Waals surface area contributed by atoms with Crippen LogP contribution in [0.3, 0.4) is 0 Å². The van der Waals surface area contributed by atoms with E-state index in [1.54, 1.807) is 13.0 Å². The molecule has 4 heteroatoms. The lowest BCUT2D eigenvalue weighted by Gasteiger charge is -2.02. The molecular weight excluding hydrogens is 320 g/mol. The van der Waals surface area contributed by atoms with Crippen LogP contribution in [0.15, 0.2) is 45.3 Å².